The number of amides is 1. The highest BCUT2D eigenvalue weighted by Crippen LogP contribution is 2.35. The smallest absolute Gasteiger partial charge is 0.410 e. The molecule has 1 saturated carbocycles. The normalized spacial score (nSPS) is 21.2. The molecule has 2 aliphatic rings. The molecule has 0 unspecified atom stereocenters. The van der Waals surface area contributed by atoms with Crippen molar-refractivity contribution < 1.29 is 24.2 Å². The van der Waals surface area contributed by atoms with Gasteiger partial charge >= 0.3 is 12.1 Å². The highest BCUT2D eigenvalue weighted by molar-refractivity contribution is 5.72. The Kier molecular flexibility index (Phi) is 3.95. The Labute approximate surface area is 119 Å². The zero-order chi connectivity index (χ0) is 15.0. The third-order valence-corrected chi connectivity index (χ3v) is 3.41. The molecule has 0 aromatic carbocycles. The van der Waals surface area contributed by atoms with Crippen LogP contribution in [0.5, 0.6) is 0 Å². The molecule has 0 bridgehead atoms. The van der Waals surface area contributed by atoms with Crippen molar-refractivity contribution in [1.29, 1.82) is 0 Å². The van der Waals surface area contributed by atoms with Gasteiger partial charge in [-0.3, -0.25) is 4.79 Å². The third-order valence-electron chi connectivity index (χ3n) is 3.41. The van der Waals surface area contributed by atoms with Crippen LogP contribution in [0.3, 0.4) is 0 Å². The van der Waals surface area contributed by atoms with E-state index >= 15 is 0 Å². The first-order chi connectivity index (χ1) is 9.19. The van der Waals surface area contributed by atoms with Crippen LogP contribution in [0.25, 0.3) is 0 Å². The van der Waals surface area contributed by atoms with E-state index in [1.165, 1.54) is 4.90 Å². The van der Waals surface area contributed by atoms with E-state index in [9.17, 15) is 9.59 Å². The highest BCUT2D eigenvalue weighted by atomic mass is 16.6. The monoisotopic (exact) mass is 285 g/mol. The highest BCUT2D eigenvalue weighted by Gasteiger charge is 2.49. The minimum atomic E-state index is -0.898. The maximum absolute atomic E-state index is 11.9. The standard InChI is InChI=1S/C14H23NO5/c1-13(2,3)20-12(18)15-8-14(9-15,6-11(16)17)19-7-10-4-5-10/h10H,4-9H2,1-3H3,(H,16,17). The molecule has 114 valence electrons. The number of likely N-dealkylation sites (tertiary alicyclic amines) is 1. The first-order valence-corrected chi connectivity index (χ1v) is 7.03. The number of carboxylic acid groups (broad SMARTS) is 1. The Balaban J connectivity index is 1.86. The Bertz CT molecular complexity index is 391. The number of aliphatic carboxylic acids is 1. The van der Waals surface area contributed by atoms with E-state index < -0.39 is 23.3 Å². The van der Waals surface area contributed by atoms with Crippen LogP contribution in [0.1, 0.15) is 40.0 Å². The molecule has 1 N–H and O–H groups in total. The molecule has 0 aromatic heterocycles. The summed E-state index contributed by atoms with van der Waals surface area (Å²) in [6.45, 7) is 6.59. The zero-order valence-corrected chi connectivity index (χ0v) is 12.3. The van der Waals surface area contributed by atoms with Gasteiger partial charge in [-0.2, -0.15) is 0 Å². The van der Waals surface area contributed by atoms with Gasteiger partial charge in [-0.25, -0.2) is 4.79 Å². The van der Waals surface area contributed by atoms with Gasteiger partial charge in [0.2, 0.25) is 0 Å². The molecule has 0 spiro atoms. The van der Waals surface area contributed by atoms with Crippen molar-refractivity contribution in [2.75, 3.05) is 19.7 Å². The number of nitrogens with zero attached hydrogens (tertiary/aromatic N) is 1. The van der Waals surface area contributed by atoms with Crippen LogP contribution >= 0.6 is 0 Å². The lowest BCUT2D eigenvalue weighted by Gasteiger charge is -2.48. The molecule has 6 heteroatoms. The zero-order valence-electron chi connectivity index (χ0n) is 12.3. The lowest BCUT2D eigenvalue weighted by molar-refractivity contribution is -0.167. The van der Waals surface area contributed by atoms with Crippen molar-refractivity contribution in [3.63, 3.8) is 0 Å². The Morgan fingerprint density at radius 1 is 1.30 bits per heavy atom. The van der Waals surface area contributed by atoms with Crippen LogP contribution in [-0.4, -0.2) is 53.0 Å². The molecule has 1 saturated heterocycles. The molecule has 1 amide bonds. The van der Waals surface area contributed by atoms with Crippen LogP contribution in [-0.2, 0) is 14.3 Å². The Morgan fingerprint density at radius 2 is 1.90 bits per heavy atom. The van der Waals surface area contributed by atoms with Gasteiger partial charge in [0, 0.05) is 0 Å². The number of carbonyl (C=O) groups is 2. The van der Waals surface area contributed by atoms with E-state index in [2.05, 4.69) is 0 Å². The summed E-state index contributed by atoms with van der Waals surface area (Å²) in [5.41, 5.74) is -1.28. The van der Waals surface area contributed by atoms with E-state index in [4.69, 9.17) is 14.6 Å². The van der Waals surface area contributed by atoms with Crippen molar-refractivity contribution in [3.8, 4) is 0 Å². The second kappa shape index (κ2) is 5.24. The van der Waals surface area contributed by atoms with Gasteiger partial charge in [0.05, 0.1) is 26.1 Å². The summed E-state index contributed by atoms with van der Waals surface area (Å²) in [5, 5.41) is 8.99. The number of hydrogen-bond donors (Lipinski definition) is 1. The van der Waals surface area contributed by atoms with Gasteiger partial charge in [0.25, 0.3) is 0 Å². The summed E-state index contributed by atoms with van der Waals surface area (Å²) in [6.07, 6.45) is 1.82. The number of rotatable bonds is 5. The van der Waals surface area contributed by atoms with E-state index in [1.807, 2.05) is 0 Å². The molecule has 0 atom stereocenters. The first-order valence-electron chi connectivity index (χ1n) is 7.03. The first kappa shape index (κ1) is 15.1. The molecule has 0 aromatic rings. The van der Waals surface area contributed by atoms with Gasteiger partial charge in [-0.05, 0) is 39.5 Å². The fourth-order valence-electron chi connectivity index (χ4n) is 2.21. The summed E-state index contributed by atoms with van der Waals surface area (Å²) in [5.74, 6) is -0.333. The van der Waals surface area contributed by atoms with E-state index in [0.717, 1.165) is 12.8 Å². The molecule has 20 heavy (non-hydrogen) atoms. The van der Waals surface area contributed by atoms with E-state index in [-0.39, 0.29) is 6.42 Å². The molecule has 6 nitrogen and oxygen atoms in total. The number of ether oxygens (including phenoxy) is 2. The average molecular weight is 285 g/mol. The minimum Gasteiger partial charge on any atom is -0.481 e. The summed E-state index contributed by atoms with van der Waals surface area (Å²) < 4.78 is 11.0. The lowest BCUT2D eigenvalue weighted by Crippen LogP contribution is -2.66. The van der Waals surface area contributed by atoms with Crippen molar-refractivity contribution >= 4 is 12.1 Å². The van der Waals surface area contributed by atoms with Gasteiger partial charge < -0.3 is 19.5 Å². The summed E-state index contributed by atoms with van der Waals surface area (Å²) in [6, 6.07) is 0. The van der Waals surface area contributed by atoms with Gasteiger partial charge in [0.1, 0.15) is 11.2 Å². The fraction of sp³-hybridized carbons (Fsp3) is 0.857. The molecule has 2 fully saturated rings. The van der Waals surface area contributed by atoms with Crippen molar-refractivity contribution in [2.45, 2.75) is 51.2 Å². The predicted molar refractivity (Wildman–Crippen MR) is 71.5 cm³/mol. The Morgan fingerprint density at radius 3 is 2.35 bits per heavy atom. The predicted octanol–water partition coefficient (Wildman–Crippen LogP) is 1.88. The fourth-order valence-corrected chi connectivity index (χ4v) is 2.21. The van der Waals surface area contributed by atoms with Crippen LogP contribution in [0.2, 0.25) is 0 Å². The minimum absolute atomic E-state index is 0.0704. The van der Waals surface area contributed by atoms with E-state index in [0.29, 0.717) is 25.6 Å². The number of carbonyl (C=O) groups excluding carboxylic acids is 1. The maximum Gasteiger partial charge on any atom is 0.410 e. The van der Waals surface area contributed by atoms with Gasteiger partial charge in [-0.1, -0.05) is 0 Å². The molecular formula is C14H23NO5. The quantitative estimate of drug-likeness (QED) is 0.834. The molecule has 1 aliphatic carbocycles. The lowest BCUT2D eigenvalue weighted by atomic mass is 9.90. The van der Waals surface area contributed by atoms with Crippen LogP contribution in [0.15, 0.2) is 0 Å². The van der Waals surface area contributed by atoms with Crippen molar-refractivity contribution in [2.24, 2.45) is 5.92 Å². The van der Waals surface area contributed by atoms with Gasteiger partial charge in [0.15, 0.2) is 0 Å². The third kappa shape index (κ3) is 4.10. The summed E-state index contributed by atoms with van der Waals surface area (Å²) in [7, 11) is 0. The van der Waals surface area contributed by atoms with Crippen LogP contribution < -0.4 is 0 Å². The molecule has 0 radical (unpaired) electrons. The summed E-state index contributed by atoms with van der Waals surface area (Å²) in [4.78, 5) is 24.3. The largest absolute Gasteiger partial charge is 0.481 e. The number of carboxylic acids is 1. The van der Waals surface area contributed by atoms with Crippen LogP contribution in [0.4, 0.5) is 4.79 Å². The topological polar surface area (TPSA) is 76.1 Å². The molecule has 1 aliphatic heterocycles. The maximum atomic E-state index is 11.9. The Hall–Kier alpha value is -1.30. The molecule has 1 heterocycles. The average Bonchev–Trinajstić information content (AvgIpc) is 3.01. The van der Waals surface area contributed by atoms with Crippen LogP contribution in [0, 0.1) is 5.92 Å². The van der Waals surface area contributed by atoms with Crippen molar-refractivity contribution in [3.05, 3.63) is 0 Å². The second-order valence-electron chi connectivity index (χ2n) is 6.84. The summed E-state index contributed by atoms with van der Waals surface area (Å²) >= 11 is 0. The number of hydrogen-bond acceptors (Lipinski definition) is 4. The molecule has 2 rings (SSSR count). The van der Waals surface area contributed by atoms with E-state index in [1.54, 1.807) is 20.8 Å². The second-order valence-corrected chi connectivity index (χ2v) is 6.84. The van der Waals surface area contributed by atoms with Gasteiger partial charge in [-0.15, -0.1) is 0 Å². The molecular weight excluding hydrogens is 262 g/mol. The SMILES string of the molecule is CC(C)(C)OC(=O)N1CC(CC(=O)O)(OCC2CC2)C1. The van der Waals surface area contributed by atoms with Crippen molar-refractivity contribution in [1.82, 2.24) is 4.90 Å².